The maximum Gasteiger partial charge on any atom is 0.0405 e. The van der Waals surface area contributed by atoms with Gasteiger partial charge in [-0.25, -0.2) is 0 Å². The Hall–Kier alpha value is -1.02. The zero-order valence-electron chi connectivity index (χ0n) is 12.3. The Bertz CT molecular complexity index is 447. The number of unbranched alkanes of at least 4 members (excludes halogenated alkanes) is 1. The molecule has 104 valence electrons. The monoisotopic (exact) mass is 258 g/mol. The van der Waals surface area contributed by atoms with E-state index in [0.29, 0.717) is 5.41 Å². The fourth-order valence-corrected chi connectivity index (χ4v) is 3.77. The van der Waals surface area contributed by atoms with E-state index in [-0.39, 0.29) is 0 Å². The van der Waals surface area contributed by atoms with Crippen LogP contribution in [0, 0.1) is 6.92 Å². The highest BCUT2D eigenvalue weighted by Gasteiger charge is 2.42. The van der Waals surface area contributed by atoms with Crippen molar-refractivity contribution in [1.29, 1.82) is 0 Å². The van der Waals surface area contributed by atoms with Gasteiger partial charge in [-0.2, -0.15) is 0 Å². The first-order valence-electron chi connectivity index (χ1n) is 7.82. The molecule has 0 atom stereocenters. The maximum absolute atomic E-state index is 3.52. The van der Waals surface area contributed by atoms with Crippen LogP contribution >= 0.6 is 0 Å². The van der Waals surface area contributed by atoms with Gasteiger partial charge in [0.2, 0.25) is 0 Å². The number of piperidine rings is 1. The molecule has 1 aromatic rings. The zero-order chi connectivity index (χ0) is 13.3. The Morgan fingerprint density at radius 2 is 2.05 bits per heavy atom. The van der Waals surface area contributed by atoms with Gasteiger partial charge in [0.15, 0.2) is 0 Å². The molecule has 2 aliphatic heterocycles. The summed E-state index contributed by atoms with van der Waals surface area (Å²) in [6.07, 6.45) is 5.19. The average molecular weight is 258 g/mol. The molecule has 2 nitrogen and oxygen atoms in total. The zero-order valence-corrected chi connectivity index (χ0v) is 12.3. The van der Waals surface area contributed by atoms with Crippen molar-refractivity contribution in [3.8, 4) is 0 Å². The summed E-state index contributed by atoms with van der Waals surface area (Å²) in [7, 11) is 0. The van der Waals surface area contributed by atoms with Gasteiger partial charge < -0.3 is 10.2 Å². The molecule has 0 saturated carbocycles. The van der Waals surface area contributed by atoms with Gasteiger partial charge >= 0.3 is 0 Å². The molecule has 1 N–H and O–H groups in total. The smallest absolute Gasteiger partial charge is 0.0405 e. The number of fused-ring (bicyclic) bond motifs is 2. The van der Waals surface area contributed by atoms with E-state index < -0.39 is 0 Å². The largest absolute Gasteiger partial charge is 0.370 e. The second-order valence-corrected chi connectivity index (χ2v) is 6.33. The van der Waals surface area contributed by atoms with Crippen molar-refractivity contribution < 1.29 is 0 Å². The minimum atomic E-state index is 0.431. The summed E-state index contributed by atoms with van der Waals surface area (Å²) in [5.41, 5.74) is 4.99. The van der Waals surface area contributed by atoms with Crippen LogP contribution in [0.3, 0.4) is 0 Å². The predicted molar refractivity (Wildman–Crippen MR) is 82.1 cm³/mol. The van der Waals surface area contributed by atoms with Gasteiger partial charge in [0.1, 0.15) is 0 Å². The first kappa shape index (κ1) is 13.0. The Balaban J connectivity index is 1.95. The normalized spacial score (nSPS) is 20.8. The van der Waals surface area contributed by atoms with Gasteiger partial charge in [-0.15, -0.1) is 0 Å². The van der Waals surface area contributed by atoms with Gasteiger partial charge in [0.05, 0.1) is 0 Å². The SMILES string of the molecule is CCCCN1CC2(CCNCC2)c2cc(C)ccc21. The number of rotatable bonds is 3. The van der Waals surface area contributed by atoms with Crippen molar-refractivity contribution in [1.82, 2.24) is 5.32 Å². The topological polar surface area (TPSA) is 15.3 Å². The summed E-state index contributed by atoms with van der Waals surface area (Å²) in [6.45, 7) is 9.33. The lowest BCUT2D eigenvalue weighted by atomic mass is 9.74. The molecule has 2 heterocycles. The van der Waals surface area contributed by atoms with Gasteiger partial charge in [-0.3, -0.25) is 0 Å². The van der Waals surface area contributed by atoms with Crippen molar-refractivity contribution in [2.24, 2.45) is 0 Å². The Labute approximate surface area is 117 Å². The third kappa shape index (κ3) is 2.27. The third-order valence-electron chi connectivity index (χ3n) is 4.90. The van der Waals surface area contributed by atoms with E-state index in [2.05, 4.69) is 42.3 Å². The molecule has 2 heteroatoms. The molecule has 3 rings (SSSR count). The molecule has 0 aliphatic carbocycles. The molecule has 1 aromatic carbocycles. The first-order valence-corrected chi connectivity index (χ1v) is 7.82. The standard InChI is InChI=1S/C17H26N2/c1-3-4-11-19-13-17(7-9-18-10-8-17)15-12-14(2)5-6-16(15)19/h5-6,12,18H,3-4,7-11,13H2,1-2H3. The number of nitrogens with zero attached hydrogens (tertiary/aromatic N) is 1. The van der Waals surface area contributed by atoms with E-state index in [9.17, 15) is 0 Å². The molecule has 0 radical (unpaired) electrons. The van der Waals surface area contributed by atoms with Gasteiger partial charge in [-0.05, 0) is 50.9 Å². The number of hydrogen-bond acceptors (Lipinski definition) is 2. The number of nitrogens with one attached hydrogen (secondary N) is 1. The summed E-state index contributed by atoms with van der Waals surface area (Å²) >= 11 is 0. The molecule has 1 saturated heterocycles. The van der Waals surface area contributed by atoms with Crippen molar-refractivity contribution >= 4 is 5.69 Å². The van der Waals surface area contributed by atoms with E-state index in [0.717, 1.165) is 0 Å². The molecule has 0 unspecified atom stereocenters. The van der Waals surface area contributed by atoms with Crippen LogP contribution < -0.4 is 10.2 Å². The lowest BCUT2D eigenvalue weighted by Crippen LogP contribution is -2.43. The summed E-state index contributed by atoms with van der Waals surface area (Å²) in [5.74, 6) is 0. The molecule has 2 aliphatic rings. The van der Waals surface area contributed by atoms with E-state index in [4.69, 9.17) is 0 Å². The van der Waals surface area contributed by atoms with Crippen LogP contribution in [0.15, 0.2) is 18.2 Å². The molecule has 0 amide bonds. The molecular formula is C17H26N2. The Morgan fingerprint density at radius 1 is 1.26 bits per heavy atom. The van der Waals surface area contributed by atoms with E-state index >= 15 is 0 Å². The fourth-order valence-electron chi connectivity index (χ4n) is 3.77. The van der Waals surface area contributed by atoms with Crippen molar-refractivity contribution in [3.63, 3.8) is 0 Å². The second-order valence-electron chi connectivity index (χ2n) is 6.33. The van der Waals surface area contributed by atoms with Crippen LogP contribution in [0.25, 0.3) is 0 Å². The summed E-state index contributed by atoms with van der Waals surface area (Å²) < 4.78 is 0. The summed E-state index contributed by atoms with van der Waals surface area (Å²) in [5, 5.41) is 3.52. The highest BCUT2D eigenvalue weighted by atomic mass is 15.2. The van der Waals surface area contributed by atoms with Crippen LogP contribution in [0.5, 0.6) is 0 Å². The quantitative estimate of drug-likeness (QED) is 0.895. The Kier molecular flexibility index (Phi) is 3.53. The fraction of sp³-hybridized carbons (Fsp3) is 0.647. The van der Waals surface area contributed by atoms with Crippen LogP contribution in [-0.2, 0) is 5.41 Å². The second kappa shape index (κ2) is 5.16. The van der Waals surface area contributed by atoms with Crippen LogP contribution in [0.2, 0.25) is 0 Å². The minimum Gasteiger partial charge on any atom is -0.370 e. The van der Waals surface area contributed by atoms with Crippen LogP contribution in [0.4, 0.5) is 5.69 Å². The Morgan fingerprint density at radius 3 is 2.79 bits per heavy atom. The highest BCUT2D eigenvalue weighted by Crippen LogP contribution is 2.46. The molecule has 1 fully saturated rings. The lowest BCUT2D eigenvalue weighted by Gasteiger charge is -2.35. The molecule has 1 spiro atoms. The molecule has 0 bridgehead atoms. The number of aryl methyl sites for hydroxylation is 1. The highest BCUT2D eigenvalue weighted by molar-refractivity contribution is 5.63. The van der Waals surface area contributed by atoms with E-state index in [1.165, 1.54) is 63.1 Å². The van der Waals surface area contributed by atoms with Crippen LogP contribution in [-0.4, -0.2) is 26.2 Å². The molecule has 19 heavy (non-hydrogen) atoms. The average Bonchev–Trinajstić information content (AvgIpc) is 2.71. The van der Waals surface area contributed by atoms with Gasteiger partial charge in [0.25, 0.3) is 0 Å². The maximum atomic E-state index is 3.52. The number of benzene rings is 1. The van der Waals surface area contributed by atoms with Crippen LogP contribution in [0.1, 0.15) is 43.7 Å². The van der Waals surface area contributed by atoms with Crippen molar-refractivity contribution in [2.75, 3.05) is 31.1 Å². The molecular weight excluding hydrogens is 232 g/mol. The predicted octanol–water partition coefficient (Wildman–Crippen LogP) is 3.24. The van der Waals surface area contributed by atoms with E-state index in [1.54, 1.807) is 5.56 Å². The number of anilines is 1. The summed E-state index contributed by atoms with van der Waals surface area (Å²) in [4.78, 5) is 2.64. The van der Waals surface area contributed by atoms with Gasteiger partial charge in [-0.1, -0.05) is 31.0 Å². The summed E-state index contributed by atoms with van der Waals surface area (Å²) in [6, 6.07) is 7.08. The van der Waals surface area contributed by atoms with Gasteiger partial charge in [0, 0.05) is 24.2 Å². The van der Waals surface area contributed by atoms with E-state index in [1.807, 2.05) is 0 Å². The lowest BCUT2D eigenvalue weighted by molar-refractivity contribution is 0.325. The number of hydrogen-bond donors (Lipinski definition) is 1. The minimum absolute atomic E-state index is 0.431. The molecule has 0 aromatic heterocycles. The third-order valence-corrected chi connectivity index (χ3v) is 4.90. The first-order chi connectivity index (χ1) is 9.25. The van der Waals surface area contributed by atoms with Crippen molar-refractivity contribution in [3.05, 3.63) is 29.3 Å². The van der Waals surface area contributed by atoms with Crippen molar-refractivity contribution in [2.45, 2.75) is 44.9 Å².